The maximum atomic E-state index is 12.7. The van der Waals surface area contributed by atoms with Gasteiger partial charge in [-0.15, -0.1) is 0 Å². The fraction of sp³-hybridized carbons (Fsp3) is 0.526. The van der Waals surface area contributed by atoms with Crippen LogP contribution in [0, 0.1) is 0 Å². The van der Waals surface area contributed by atoms with Gasteiger partial charge >= 0.3 is 0 Å². The largest absolute Gasteiger partial charge is 0.341 e. The molecule has 0 saturated carbocycles. The number of rotatable bonds is 4. The van der Waals surface area contributed by atoms with Crippen LogP contribution in [0.3, 0.4) is 0 Å². The number of nitrogens with zero attached hydrogens (tertiary/aromatic N) is 4. The van der Waals surface area contributed by atoms with Gasteiger partial charge in [0.15, 0.2) is 0 Å². The summed E-state index contributed by atoms with van der Waals surface area (Å²) in [7, 11) is 1.88. The fourth-order valence-electron chi connectivity index (χ4n) is 3.52. The van der Waals surface area contributed by atoms with E-state index in [1.54, 1.807) is 10.7 Å². The van der Waals surface area contributed by atoms with Crippen molar-refractivity contribution in [3.8, 4) is 0 Å². The Bertz CT molecular complexity index is 806. The summed E-state index contributed by atoms with van der Waals surface area (Å²) in [6.45, 7) is 6.63. The Balaban J connectivity index is 1.71. The molecular formula is C19H26N4O2. The summed E-state index contributed by atoms with van der Waals surface area (Å²) in [5, 5.41) is 4.75. The van der Waals surface area contributed by atoms with Crippen LogP contribution in [-0.4, -0.2) is 57.7 Å². The predicted octanol–water partition coefficient (Wildman–Crippen LogP) is 1.73. The van der Waals surface area contributed by atoms with Crippen molar-refractivity contribution in [3.63, 3.8) is 0 Å². The third kappa shape index (κ3) is 3.74. The molecule has 0 radical (unpaired) electrons. The van der Waals surface area contributed by atoms with E-state index in [0.717, 1.165) is 25.9 Å². The number of likely N-dealkylation sites (tertiary alicyclic amines) is 1. The number of fused-ring (bicyclic) bond motifs is 1. The van der Waals surface area contributed by atoms with Crippen LogP contribution < -0.4 is 5.43 Å². The van der Waals surface area contributed by atoms with Gasteiger partial charge in [-0.2, -0.15) is 5.10 Å². The number of benzene rings is 1. The van der Waals surface area contributed by atoms with Gasteiger partial charge in [0.05, 0.1) is 11.7 Å². The van der Waals surface area contributed by atoms with Gasteiger partial charge in [0, 0.05) is 37.6 Å². The first-order chi connectivity index (χ1) is 12.0. The van der Waals surface area contributed by atoms with Crippen LogP contribution in [0.4, 0.5) is 0 Å². The van der Waals surface area contributed by atoms with Gasteiger partial charge in [-0.25, -0.2) is 0 Å². The first-order valence-electron chi connectivity index (χ1n) is 8.92. The van der Waals surface area contributed by atoms with E-state index in [0.29, 0.717) is 16.9 Å². The molecule has 25 heavy (non-hydrogen) atoms. The van der Waals surface area contributed by atoms with Gasteiger partial charge in [-0.3, -0.25) is 14.3 Å². The SMILES string of the molecule is CC(C)N1CCC(N(C)C(=O)Cn2ncc(=O)c3ccccc32)CC1. The predicted molar refractivity (Wildman–Crippen MR) is 98.5 cm³/mol. The Hall–Kier alpha value is -2.21. The van der Waals surface area contributed by atoms with E-state index >= 15 is 0 Å². The van der Waals surface area contributed by atoms with E-state index in [-0.39, 0.29) is 23.9 Å². The number of likely N-dealkylation sites (N-methyl/N-ethyl adjacent to an activating group) is 1. The number of hydrogen-bond acceptors (Lipinski definition) is 4. The van der Waals surface area contributed by atoms with E-state index in [9.17, 15) is 9.59 Å². The summed E-state index contributed by atoms with van der Waals surface area (Å²) in [5.41, 5.74) is 0.583. The maximum absolute atomic E-state index is 12.7. The number of piperidine rings is 1. The summed E-state index contributed by atoms with van der Waals surface area (Å²) >= 11 is 0. The lowest BCUT2D eigenvalue weighted by Gasteiger charge is -2.38. The van der Waals surface area contributed by atoms with Gasteiger partial charge < -0.3 is 9.80 Å². The molecule has 6 nitrogen and oxygen atoms in total. The highest BCUT2D eigenvalue weighted by Gasteiger charge is 2.26. The molecule has 0 N–H and O–H groups in total. The summed E-state index contributed by atoms with van der Waals surface area (Å²) in [6.07, 6.45) is 3.29. The molecule has 1 aliphatic rings. The van der Waals surface area contributed by atoms with Gasteiger partial charge in [-0.1, -0.05) is 12.1 Å². The topological polar surface area (TPSA) is 58.4 Å². The van der Waals surface area contributed by atoms with Crippen molar-refractivity contribution in [3.05, 3.63) is 40.7 Å². The summed E-state index contributed by atoms with van der Waals surface area (Å²) < 4.78 is 1.62. The normalized spacial score (nSPS) is 16.5. The number of carbonyl (C=O) groups is 1. The molecule has 0 bridgehead atoms. The molecule has 1 saturated heterocycles. The average Bonchev–Trinajstić information content (AvgIpc) is 2.63. The van der Waals surface area contributed by atoms with Crippen LogP contribution in [0.15, 0.2) is 35.3 Å². The lowest BCUT2D eigenvalue weighted by atomic mass is 10.0. The van der Waals surface area contributed by atoms with Crippen molar-refractivity contribution in [2.24, 2.45) is 0 Å². The molecule has 1 aromatic heterocycles. The van der Waals surface area contributed by atoms with Gasteiger partial charge in [-0.05, 0) is 38.8 Å². The molecule has 2 aromatic rings. The first-order valence-corrected chi connectivity index (χ1v) is 8.92. The quantitative estimate of drug-likeness (QED) is 0.849. The average molecular weight is 342 g/mol. The lowest BCUT2D eigenvalue weighted by Crippen LogP contribution is -2.48. The van der Waals surface area contributed by atoms with E-state index < -0.39 is 0 Å². The van der Waals surface area contributed by atoms with Gasteiger partial charge in [0.25, 0.3) is 0 Å². The summed E-state index contributed by atoms with van der Waals surface area (Å²) in [5.74, 6) is 0.0318. The molecule has 1 aromatic carbocycles. The molecule has 1 amide bonds. The molecule has 134 valence electrons. The molecular weight excluding hydrogens is 316 g/mol. The highest BCUT2D eigenvalue weighted by Crippen LogP contribution is 2.18. The van der Waals surface area contributed by atoms with Gasteiger partial charge in [0.1, 0.15) is 6.54 Å². The second-order valence-corrected chi connectivity index (χ2v) is 7.05. The minimum atomic E-state index is -0.117. The van der Waals surface area contributed by atoms with Crippen molar-refractivity contribution in [2.75, 3.05) is 20.1 Å². The molecule has 0 aliphatic carbocycles. The van der Waals surface area contributed by atoms with Crippen molar-refractivity contribution in [1.82, 2.24) is 19.6 Å². The van der Waals surface area contributed by atoms with Crippen LogP contribution in [0.5, 0.6) is 0 Å². The Kier molecular flexibility index (Phi) is 5.18. The maximum Gasteiger partial charge on any atom is 0.244 e. The zero-order chi connectivity index (χ0) is 18.0. The third-order valence-electron chi connectivity index (χ3n) is 5.22. The smallest absolute Gasteiger partial charge is 0.244 e. The molecule has 2 heterocycles. The molecule has 3 rings (SSSR count). The Morgan fingerprint density at radius 1 is 1.28 bits per heavy atom. The number of para-hydroxylation sites is 1. The fourth-order valence-corrected chi connectivity index (χ4v) is 3.52. The number of amides is 1. The Morgan fingerprint density at radius 3 is 2.64 bits per heavy atom. The molecule has 0 spiro atoms. The number of aromatic nitrogens is 2. The van der Waals surface area contributed by atoms with Crippen molar-refractivity contribution < 1.29 is 4.79 Å². The molecule has 6 heteroatoms. The monoisotopic (exact) mass is 342 g/mol. The third-order valence-corrected chi connectivity index (χ3v) is 5.22. The minimum Gasteiger partial charge on any atom is -0.341 e. The standard InChI is InChI=1S/C19H26N4O2/c1-14(2)22-10-8-15(9-11-22)21(3)19(25)13-23-17-7-5-4-6-16(17)18(24)12-20-23/h4-7,12,14-15H,8-11,13H2,1-3H3. The van der Waals surface area contributed by atoms with Crippen molar-refractivity contribution in [1.29, 1.82) is 0 Å². The first kappa shape index (κ1) is 17.6. The highest BCUT2D eigenvalue weighted by atomic mass is 16.2. The zero-order valence-electron chi connectivity index (χ0n) is 15.2. The lowest BCUT2D eigenvalue weighted by molar-refractivity contribution is -0.133. The minimum absolute atomic E-state index is 0.0318. The highest BCUT2D eigenvalue weighted by molar-refractivity contribution is 5.81. The van der Waals surface area contributed by atoms with Crippen LogP contribution in [-0.2, 0) is 11.3 Å². The van der Waals surface area contributed by atoms with Gasteiger partial charge in [0.2, 0.25) is 11.3 Å². The van der Waals surface area contributed by atoms with Crippen LogP contribution >= 0.6 is 0 Å². The molecule has 1 fully saturated rings. The molecule has 1 aliphatic heterocycles. The van der Waals surface area contributed by atoms with E-state index in [4.69, 9.17) is 0 Å². The van der Waals surface area contributed by atoms with Crippen LogP contribution in [0.2, 0.25) is 0 Å². The Labute approximate surface area is 148 Å². The van der Waals surface area contributed by atoms with E-state index in [1.807, 2.05) is 30.1 Å². The molecule has 0 unspecified atom stereocenters. The zero-order valence-corrected chi connectivity index (χ0v) is 15.2. The number of hydrogen-bond donors (Lipinski definition) is 0. The van der Waals surface area contributed by atoms with E-state index in [1.165, 1.54) is 6.20 Å². The number of carbonyl (C=O) groups excluding carboxylic acids is 1. The summed E-state index contributed by atoms with van der Waals surface area (Å²) in [6, 6.07) is 8.11. The second-order valence-electron chi connectivity index (χ2n) is 7.05. The second kappa shape index (κ2) is 7.35. The van der Waals surface area contributed by atoms with Crippen LogP contribution in [0.1, 0.15) is 26.7 Å². The van der Waals surface area contributed by atoms with Crippen LogP contribution in [0.25, 0.3) is 10.9 Å². The van der Waals surface area contributed by atoms with E-state index in [2.05, 4.69) is 23.8 Å². The van der Waals surface area contributed by atoms with Crippen molar-refractivity contribution >= 4 is 16.8 Å². The summed E-state index contributed by atoms with van der Waals surface area (Å²) in [4.78, 5) is 28.9. The Morgan fingerprint density at radius 2 is 1.96 bits per heavy atom. The van der Waals surface area contributed by atoms with Crippen molar-refractivity contribution in [2.45, 2.75) is 45.3 Å². The molecule has 0 atom stereocenters.